The number of carbonyl (C=O) groups excluding carboxylic acids is 1. The highest BCUT2D eigenvalue weighted by atomic mass is 16.8. The van der Waals surface area contributed by atoms with E-state index in [1.165, 1.54) is 0 Å². The van der Waals surface area contributed by atoms with E-state index in [1.54, 1.807) is 0 Å². The third-order valence-corrected chi connectivity index (χ3v) is 12.0. The van der Waals surface area contributed by atoms with E-state index in [0.717, 1.165) is 0 Å². The number of aliphatic hydroxyl groups is 20. The predicted octanol–water partition coefficient (Wildman–Crippen LogP) is -14.3. The van der Waals surface area contributed by atoms with E-state index in [4.69, 9.17) is 47.4 Å². The van der Waals surface area contributed by atoms with Crippen LogP contribution in [0.2, 0.25) is 0 Å². The Kier molecular flexibility index (Phi) is 20.8. The molecule has 5 aliphatic rings. The number of hydrogen-bond acceptors (Lipinski definition) is 31. The molecule has 5 saturated heterocycles. The Labute approximate surface area is 378 Å². The van der Waals surface area contributed by atoms with Gasteiger partial charge in [-0.15, -0.1) is 0 Å². The number of aldehydes is 1. The first-order valence-electron chi connectivity index (χ1n) is 20.9. The Balaban J connectivity index is 1.69. The van der Waals surface area contributed by atoms with Crippen LogP contribution in [0.1, 0.15) is 0 Å². The van der Waals surface area contributed by atoms with Gasteiger partial charge in [-0.25, -0.2) is 0 Å². The third kappa shape index (κ3) is 12.2. The van der Waals surface area contributed by atoms with Crippen LogP contribution < -0.4 is 0 Å². The maximum Gasteiger partial charge on any atom is 0.187 e. The molecule has 0 amide bonds. The minimum absolute atomic E-state index is 0.150. The average Bonchev–Trinajstić information content (AvgIpc) is 3.32. The van der Waals surface area contributed by atoms with Crippen molar-refractivity contribution in [1.29, 1.82) is 0 Å². The average molecular weight is 991 g/mol. The van der Waals surface area contributed by atoms with Gasteiger partial charge in [-0.05, 0) is 0 Å². The first-order valence-corrected chi connectivity index (χ1v) is 20.9. The molecule has 0 aromatic heterocycles. The van der Waals surface area contributed by atoms with Crippen molar-refractivity contribution in [3.8, 4) is 0 Å². The van der Waals surface area contributed by atoms with Crippen LogP contribution in [-0.2, 0) is 52.2 Å². The number of rotatable bonds is 20. The van der Waals surface area contributed by atoms with Gasteiger partial charge in [-0.2, -0.15) is 0 Å². The normalized spacial score (nSPS) is 48.3. The lowest BCUT2D eigenvalue weighted by atomic mass is 9.96. The summed E-state index contributed by atoms with van der Waals surface area (Å²) in [5.74, 6) is 0. The summed E-state index contributed by atoms with van der Waals surface area (Å²) in [5.41, 5.74) is 0. The molecule has 29 atom stereocenters. The monoisotopic (exact) mass is 990 g/mol. The van der Waals surface area contributed by atoms with Gasteiger partial charge < -0.3 is 154 Å². The number of ether oxygens (including phenoxy) is 10. The molecular formula is C36H62O31. The highest BCUT2D eigenvalue weighted by molar-refractivity contribution is 5.57. The maximum atomic E-state index is 13.3. The standard InChI is InChI=1S/C36H62O31/c37-1-8-15(43)20(48)25(53)32(59-8)58-7-14(65-34-27(55)22(50)17(45)10(3-39)61-34)31(67-36-29(57)24(52)19(47)12(5-41)63-36)30(66-35-28(56)23(51)18(46)11(4-40)62-35)13(6-42)64-33-26(54)21(49)16(44)9(2-38)60-33/h6,8-41,43-57H,1-5,7H2. The molecule has 31 nitrogen and oxygen atoms in total. The van der Waals surface area contributed by atoms with Crippen LogP contribution in [0.25, 0.3) is 0 Å². The molecule has 31 heteroatoms. The van der Waals surface area contributed by atoms with Crippen LogP contribution in [0.15, 0.2) is 0 Å². The van der Waals surface area contributed by atoms with Crippen LogP contribution in [0.5, 0.6) is 0 Å². The fourth-order valence-electron chi connectivity index (χ4n) is 7.87. The second-order valence-electron chi connectivity index (χ2n) is 16.4. The first-order chi connectivity index (χ1) is 31.7. The van der Waals surface area contributed by atoms with Crippen molar-refractivity contribution in [3.05, 3.63) is 0 Å². The third-order valence-electron chi connectivity index (χ3n) is 12.0. The molecule has 0 aliphatic carbocycles. The summed E-state index contributed by atoms with van der Waals surface area (Å²) >= 11 is 0. The summed E-state index contributed by atoms with van der Waals surface area (Å²) in [6, 6.07) is 0. The largest absolute Gasteiger partial charge is 0.394 e. The summed E-state index contributed by atoms with van der Waals surface area (Å²) in [7, 11) is 0. The summed E-state index contributed by atoms with van der Waals surface area (Å²) in [6.07, 6.45) is -62.3. The second kappa shape index (κ2) is 24.7. The summed E-state index contributed by atoms with van der Waals surface area (Å²) in [5, 5.41) is 210. The molecule has 67 heavy (non-hydrogen) atoms. The molecule has 20 N–H and O–H groups in total. The minimum atomic E-state index is -2.54. The van der Waals surface area contributed by atoms with E-state index in [0.29, 0.717) is 0 Å². The van der Waals surface area contributed by atoms with Crippen molar-refractivity contribution in [2.45, 2.75) is 178 Å². The lowest BCUT2D eigenvalue weighted by molar-refractivity contribution is -0.378. The van der Waals surface area contributed by atoms with E-state index in [1.807, 2.05) is 0 Å². The van der Waals surface area contributed by atoms with Crippen molar-refractivity contribution in [1.82, 2.24) is 0 Å². The predicted molar refractivity (Wildman–Crippen MR) is 200 cm³/mol. The van der Waals surface area contributed by atoms with Gasteiger partial charge in [-0.1, -0.05) is 0 Å². The fraction of sp³-hybridized carbons (Fsp3) is 0.972. The highest BCUT2D eigenvalue weighted by Gasteiger charge is 2.55. The molecule has 0 aromatic carbocycles. The molecule has 0 saturated carbocycles. The van der Waals surface area contributed by atoms with Gasteiger partial charge in [-0.3, -0.25) is 0 Å². The van der Waals surface area contributed by atoms with Gasteiger partial charge in [0.2, 0.25) is 0 Å². The zero-order valence-corrected chi connectivity index (χ0v) is 35.0. The van der Waals surface area contributed by atoms with Crippen molar-refractivity contribution >= 4 is 6.29 Å². The van der Waals surface area contributed by atoms with Gasteiger partial charge in [0, 0.05) is 0 Å². The van der Waals surface area contributed by atoms with E-state index in [-0.39, 0.29) is 6.29 Å². The summed E-state index contributed by atoms with van der Waals surface area (Å²) in [4.78, 5) is 13.3. The van der Waals surface area contributed by atoms with Crippen molar-refractivity contribution in [3.63, 3.8) is 0 Å². The number of hydrogen-bond donors (Lipinski definition) is 20. The molecule has 5 rings (SSSR count). The van der Waals surface area contributed by atoms with Gasteiger partial charge in [0.1, 0.15) is 146 Å². The molecule has 29 unspecified atom stereocenters. The number of aliphatic hydroxyl groups excluding tert-OH is 20. The van der Waals surface area contributed by atoms with Gasteiger partial charge in [0.15, 0.2) is 37.7 Å². The molecule has 0 bridgehead atoms. The Morgan fingerprint density at radius 1 is 0.343 bits per heavy atom. The molecule has 0 radical (unpaired) electrons. The van der Waals surface area contributed by atoms with Gasteiger partial charge in [0.05, 0.1) is 39.6 Å². The molecule has 5 aliphatic heterocycles. The molecule has 392 valence electrons. The molecular weight excluding hydrogens is 928 g/mol. The lowest BCUT2D eigenvalue weighted by Gasteiger charge is -2.48. The second-order valence-corrected chi connectivity index (χ2v) is 16.4. The minimum Gasteiger partial charge on any atom is -0.394 e. The smallest absolute Gasteiger partial charge is 0.187 e. The topological polar surface area (TPSA) is 514 Å². The van der Waals surface area contributed by atoms with Crippen LogP contribution in [0.3, 0.4) is 0 Å². The van der Waals surface area contributed by atoms with E-state index in [9.17, 15) is 107 Å². The summed E-state index contributed by atoms with van der Waals surface area (Å²) in [6.45, 7) is -6.47. The molecule has 5 heterocycles. The van der Waals surface area contributed by atoms with E-state index < -0.39 is 218 Å². The zero-order chi connectivity index (χ0) is 49.8. The lowest BCUT2D eigenvalue weighted by Crippen LogP contribution is -2.66. The van der Waals surface area contributed by atoms with E-state index in [2.05, 4.69) is 0 Å². The van der Waals surface area contributed by atoms with Crippen molar-refractivity contribution < 1.29 is 154 Å². The Morgan fingerprint density at radius 3 is 0.925 bits per heavy atom. The highest BCUT2D eigenvalue weighted by Crippen LogP contribution is 2.34. The van der Waals surface area contributed by atoms with Gasteiger partial charge >= 0.3 is 0 Å². The van der Waals surface area contributed by atoms with Crippen LogP contribution in [0, 0.1) is 0 Å². The SMILES string of the molecule is O=CC(OC1OC(CO)C(O)C(O)C1O)C(OC1OC(CO)C(O)C(O)C1O)C(OC1OC(CO)C(O)C(O)C1O)C(COC1OC(CO)C(O)C(O)C1O)OC1OC(CO)C(O)C(O)C1O. The number of carbonyl (C=O) groups is 1. The van der Waals surface area contributed by atoms with Crippen LogP contribution in [0.4, 0.5) is 0 Å². The Bertz CT molecular complexity index is 1480. The van der Waals surface area contributed by atoms with Crippen molar-refractivity contribution in [2.24, 2.45) is 0 Å². The maximum absolute atomic E-state index is 13.3. The summed E-state index contributed by atoms with van der Waals surface area (Å²) < 4.78 is 56.8. The Hall–Kier alpha value is -1.53. The van der Waals surface area contributed by atoms with Crippen LogP contribution in [-0.4, -0.2) is 326 Å². The fourth-order valence-corrected chi connectivity index (χ4v) is 7.87. The van der Waals surface area contributed by atoms with Crippen molar-refractivity contribution in [2.75, 3.05) is 39.6 Å². The Morgan fingerprint density at radius 2 is 0.612 bits per heavy atom. The zero-order valence-electron chi connectivity index (χ0n) is 35.0. The van der Waals surface area contributed by atoms with E-state index >= 15 is 0 Å². The molecule has 5 fully saturated rings. The molecule has 0 spiro atoms. The molecule has 0 aromatic rings. The van der Waals surface area contributed by atoms with Crippen LogP contribution >= 0.6 is 0 Å². The quantitative estimate of drug-likeness (QED) is 0.0504. The first kappa shape index (κ1) is 56.4. The van der Waals surface area contributed by atoms with Gasteiger partial charge in [0.25, 0.3) is 0 Å².